The Hall–Kier alpha value is -0.610. The van der Waals surface area contributed by atoms with E-state index in [1.807, 2.05) is 0 Å². The zero-order valence-corrected chi connectivity index (χ0v) is 19.4. The van der Waals surface area contributed by atoms with Crippen LogP contribution in [-0.2, 0) is 4.79 Å². The molecule has 1 amide bonds. The number of hydrogen-bond acceptors (Lipinski definition) is 3. The molecule has 4 heteroatoms. The summed E-state index contributed by atoms with van der Waals surface area (Å²) < 4.78 is 0. The second-order valence-corrected chi connectivity index (χ2v) is 8.85. The van der Waals surface area contributed by atoms with Crippen LogP contribution in [-0.4, -0.2) is 17.7 Å². The first kappa shape index (κ1) is 28.4. The molecule has 0 aliphatic carbocycles. The van der Waals surface area contributed by atoms with E-state index in [-0.39, 0.29) is 5.91 Å². The Morgan fingerprint density at radius 3 is 0.966 bits per heavy atom. The Labute approximate surface area is 181 Å². The minimum absolute atomic E-state index is 0.259. The van der Waals surface area contributed by atoms with Crippen LogP contribution in [0.4, 0.5) is 0 Å². The van der Waals surface area contributed by atoms with Crippen molar-refractivity contribution in [3.63, 3.8) is 0 Å². The number of nitrogens with two attached hydrogens (primary N) is 1. The van der Waals surface area contributed by atoms with Crippen LogP contribution in [0.1, 0.15) is 148 Å². The highest BCUT2D eigenvalue weighted by Gasteiger charge is 1.98. The second-order valence-electron chi connectivity index (χ2n) is 8.85. The molecular formula is C25H52N2O2. The van der Waals surface area contributed by atoms with Crippen molar-refractivity contribution >= 4 is 5.91 Å². The number of carbonyl (C=O) groups excluding carboxylic acids is 1. The van der Waals surface area contributed by atoms with Gasteiger partial charge in [-0.2, -0.15) is 0 Å². The van der Waals surface area contributed by atoms with Crippen LogP contribution < -0.4 is 11.2 Å². The van der Waals surface area contributed by atoms with Gasteiger partial charge in [0.25, 0.3) is 0 Å². The summed E-state index contributed by atoms with van der Waals surface area (Å²) in [4.78, 5) is 10.9. The maximum Gasteiger partial charge on any atom is 0.243 e. The first-order chi connectivity index (χ1) is 14.3. The molecule has 0 fully saturated rings. The van der Waals surface area contributed by atoms with Crippen LogP contribution in [0.3, 0.4) is 0 Å². The van der Waals surface area contributed by atoms with Crippen molar-refractivity contribution < 1.29 is 10.0 Å². The van der Waals surface area contributed by atoms with Crippen molar-refractivity contribution in [3.8, 4) is 0 Å². The van der Waals surface area contributed by atoms with Crippen molar-refractivity contribution in [1.82, 2.24) is 5.48 Å². The predicted octanol–water partition coefficient (Wildman–Crippen LogP) is 7.42. The Balaban J connectivity index is 3.01. The number of unbranched alkanes of at least 4 members (excludes halogenated alkanes) is 21. The third-order valence-electron chi connectivity index (χ3n) is 5.98. The first-order valence-electron chi connectivity index (χ1n) is 12.9. The van der Waals surface area contributed by atoms with Gasteiger partial charge in [0.2, 0.25) is 5.91 Å². The molecule has 0 unspecified atom stereocenters. The maximum atomic E-state index is 10.9. The van der Waals surface area contributed by atoms with Gasteiger partial charge in [-0.1, -0.05) is 128 Å². The molecule has 0 atom stereocenters. The largest absolute Gasteiger partial charge is 0.330 e. The first-order valence-corrected chi connectivity index (χ1v) is 12.9. The van der Waals surface area contributed by atoms with Crippen molar-refractivity contribution in [2.75, 3.05) is 6.54 Å². The average Bonchev–Trinajstić information content (AvgIpc) is 2.74. The molecule has 0 radical (unpaired) electrons. The van der Waals surface area contributed by atoms with E-state index in [0.29, 0.717) is 6.42 Å². The lowest BCUT2D eigenvalue weighted by molar-refractivity contribution is -0.129. The third-order valence-corrected chi connectivity index (χ3v) is 5.98. The predicted molar refractivity (Wildman–Crippen MR) is 125 cm³/mol. The summed E-state index contributed by atoms with van der Waals surface area (Å²) in [6, 6.07) is 0. The quantitative estimate of drug-likeness (QED) is 0.0876. The van der Waals surface area contributed by atoms with E-state index in [1.165, 1.54) is 128 Å². The van der Waals surface area contributed by atoms with Crippen molar-refractivity contribution in [2.45, 2.75) is 148 Å². The van der Waals surface area contributed by atoms with E-state index in [1.54, 1.807) is 5.48 Å². The van der Waals surface area contributed by atoms with Crippen LogP contribution in [0.25, 0.3) is 0 Å². The summed E-state index contributed by atoms with van der Waals surface area (Å²) in [5.41, 5.74) is 7.20. The number of hydrogen-bond donors (Lipinski definition) is 3. The molecule has 0 spiro atoms. The number of amides is 1. The van der Waals surface area contributed by atoms with E-state index in [9.17, 15) is 4.79 Å². The molecule has 0 aromatic rings. The number of nitrogens with one attached hydrogen (secondary N) is 1. The van der Waals surface area contributed by atoms with Gasteiger partial charge in [-0.25, -0.2) is 5.48 Å². The Morgan fingerprint density at radius 2 is 0.724 bits per heavy atom. The number of carbonyl (C=O) groups is 1. The molecule has 0 aliphatic rings. The smallest absolute Gasteiger partial charge is 0.243 e. The second kappa shape index (κ2) is 25.4. The number of hydroxylamine groups is 1. The molecule has 0 saturated heterocycles. The van der Waals surface area contributed by atoms with Crippen LogP contribution in [0.2, 0.25) is 0 Å². The maximum absolute atomic E-state index is 10.9. The fraction of sp³-hybridized carbons (Fsp3) is 0.960. The summed E-state index contributed by atoms with van der Waals surface area (Å²) in [6.45, 7) is 0.859. The Bertz CT molecular complexity index is 324. The van der Waals surface area contributed by atoms with E-state index in [4.69, 9.17) is 10.9 Å². The summed E-state index contributed by atoms with van der Waals surface area (Å²) in [5.74, 6) is -0.259. The average molecular weight is 413 g/mol. The van der Waals surface area contributed by atoms with Crippen molar-refractivity contribution in [3.05, 3.63) is 0 Å². The Kier molecular flexibility index (Phi) is 24.9. The van der Waals surface area contributed by atoms with Gasteiger partial charge >= 0.3 is 0 Å². The summed E-state index contributed by atoms with van der Waals surface area (Å²) in [6.07, 6.45) is 30.1. The molecular weight excluding hydrogens is 360 g/mol. The van der Waals surface area contributed by atoms with Crippen LogP contribution >= 0.6 is 0 Å². The highest BCUT2D eigenvalue weighted by Crippen LogP contribution is 2.15. The van der Waals surface area contributed by atoms with Gasteiger partial charge in [-0.3, -0.25) is 10.0 Å². The summed E-state index contributed by atoms with van der Waals surface area (Å²) in [7, 11) is 0. The molecule has 0 aliphatic heterocycles. The van der Waals surface area contributed by atoms with E-state index in [2.05, 4.69) is 0 Å². The SMILES string of the molecule is NCCCCCCCCCCCCCCCCCCCCCCCCC(=O)NO. The molecule has 0 heterocycles. The zero-order valence-electron chi connectivity index (χ0n) is 19.4. The fourth-order valence-electron chi connectivity index (χ4n) is 4.02. The van der Waals surface area contributed by atoms with E-state index < -0.39 is 0 Å². The molecule has 0 saturated carbocycles. The van der Waals surface area contributed by atoms with Crippen LogP contribution in [0.15, 0.2) is 0 Å². The van der Waals surface area contributed by atoms with Gasteiger partial charge in [0, 0.05) is 6.42 Å². The lowest BCUT2D eigenvalue weighted by Crippen LogP contribution is -2.17. The third kappa shape index (κ3) is 25.4. The van der Waals surface area contributed by atoms with Gasteiger partial charge < -0.3 is 5.73 Å². The molecule has 29 heavy (non-hydrogen) atoms. The van der Waals surface area contributed by atoms with Gasteiger partial charge in [-0.05, 0) is 19.4 Å². The highest BCUT2D eigenvalue weighted by atomic mass is 16.5. The van der Waals surface area contributed by atoms with Gasteiger partial charge in [0.1, 0.15) is 0 Å². The topological polar surface area (TPSA) is 75.4 Å². The molecule has 0 aromatic carbocycles. The molecule has 0 aromatic heterocycles. The van der Waals surface area contributed by atoms with Crippen molar-refractivity contribution in [2.24, 2.45) is 5.73 Å². The standard InChI is InChI=1S/C25H52N2O2/c26-24-22-20-18-16-14-12-10-8-6-4-2-1-3-5-7-9-11-13-15-17-19-21-23-25(28)27-29/h29H,1-24,26H2,(H,27,28). The summed E-state index contributed by atoms with van der Waals surface area (Å²) in [5, 5.41) is 8.41. The monoisotopic (exact) mass is 412 g/mol. The lowest BCUT2D eigenvalue weighted by atomic mass is 10.0. The highest BCUT2D eigenvalue weighted by molar-refractivity contribution is 5.74. The van der Waals surface area contributed by atoms with Gasteiger partial charge in [0.05, 0.1) is 0 Å². The molecule has 4 nitrogen and oxygen atoms in total. The van der Waals surface area contributed by atoms with Gasteiger partial charge in [0.15, 0.2) is 0 Å². The molecule has 4 N–H and O–H groups in total. The Morgan fingerprint density at radius 1 is 0.483 bits per heavy atom. The van der Waals surface area contributed by atoms with Crippen LogP contribution in [0.5, 0.6) is 0 Å². The summed E-state index contributed by atoms with van der Waals surface area (Å²) >= 11 is 0. The minimum atomic E-state index is -0.259. The van der Waals surface area contributed by atoms with Crippen molar-refractivity contribution in [1.29, 1.82) is 0 Å². The van der Waals surface area contributed by atoms with E-state index in [0.717, 1.165) is 19.4 Å². The molecule has 0 rings (SSSR count). The minimum Gasteiger partial charge on any atom is -0.330 e. The lowest BCUT2D eigenvalue weighted by Gasteiger charge is -2.04. The van der Waals surface area contributed by atoms with E-state index >= 15 is 0 Å². The van der Waals surface area contributed by atoms with Crippen LogP contribution in [0, 0.1) is 0 Å². The normalized spacial score (nSPS) is 11.1. The fourth-order valence-corrected chi connectivity index (χ4v) is 4.02. The van der Waals surface area contributed by atoms with Gasteiger partial charge in [-0.15, -0.1) is 0 Å². The molecule has 174 valence electrons. The zero-order chi connectivity index (χ0) is 21.3. The number of rotatable bonds is 24. The molecule has 0 bridgehead atoms.